The van der Waals surface area contributed by atoms with Crippen molar-refractivity contribution in [1.29, 1.82) is 0 Å². The van der Waals surface area contributed by atoms with Gasteiger partial charge in [-0.1, -0.05) is 0 Å². The summed E-state index contributed by atoms with van der Waals surface area (Å²) in [5.41, 5.74) is 1.47. The average Bonchev–Trinajstić information content (AvgIpc) is 2.81. The number of benzene rings is 2. The summed E-state index contributed by atoms with van der Waals surface area (Å²) in [6.45, 7) is 4.64. The lowest BCUT2D eigenvalue weighted by Crippen LogP contribution is -2.33. The molecule has 0 aliphatic carbocycles. The molecule has 2 aromatic carbocycles. The third kappa shape index (κ3) is 4.61. The van der Waals surface area contributed by atoms with Gasteiger partial charge in [-0.2, -0.15) is 0 Å². The van der Waals surface area contributed by atoms with Gasteiger partial charge in [-0.25, -0.2) is 4.79 Å². The summed E-state index contributed by atoms with van der Waals surface area (Å²) in [6, 6.07) is 9.86. The number of nitrogens with zero attached hydrogens (tertiary/aromatic N) is 1. The molecule has 32 heavy (non-hydrogen) atoms. The van der Waals surface area contributed by atoms with Crippen molar-refractivity contribution in [1.82, 2.24) is 4.90 Å². The summed E-state index contributed by atoms with van der Waals surface area (Å²) < 4.78 is 27.5. The van der Waals surface area contributed by atoms with E-state index in [1.807, 2.05) is 0 Å². The fourth-order valence-corrected chi connectivity index (χ4v) is 3.58. The highest BCUT2D eigenvalue weighted by atomic mass is 16.5. The molecule has 8 nitrogen and oxygen atoms in total. The Labute approximate surface area is 185 Å². The Balaban J connectivity index is 1.56. The molecule has 0 fully saturated rings. The van der Waals surface area contributed by atoms with E-state index in [1.165, 1.54) is 6.26 Å². The molecule has 168 valence electrons. The molecule has 0 unspecified atom stereocenters. The monoisotopic (exact) mass is 439 g/mol. The first-order chi connectivity index (χ1) is 15.6. The molecule has 0 atom stereocenters. The summed E-state index contributed by atoms with van der Waals surface area (Å²) in [4.78, 5) is 27.0. The zero-order valence-corrected chi connectivity index (χ0v) is 18.1. The summed E-state index contributed by atoms with van der Waals surface area (Å²) in [6.07, 6.45) is 2.20. The molecular formula is C24H25NO7. The van der Waals surface area contributed by atoms with Gasteiger partial charge in [0.2, 0.25) is 11.2 Å². The highest BCUT2D eigenvalue weighted by molar-refractivity contribution is 5.89. The van der Waals surface area contributed by atoms with Crippen LogP contribution in [0.1, 0.15) is 29.3 Å². The molecule has 0 saturated carbocycles. The molecule has 4 rings (SSSR count). The predicted octanol–water partition coefficient (Wildman–Crippen LogP) is 3.95. The van der Waals surface area contributed by atoms with Gasteiger partial charge in [0.1, 0.15) is 30.1 Å². The van der Waals surface area contributed by atoms with Gasteiger partial charge in [-0.15, -0.1) is 0 Å². The van der Waals surface area contributed by atoms with Crippen LogP contribution >= 0.6 is 0 Å². The van der Waals surface area contributed by atoms with Crippen LogP contribution in [0.4, 0.5) is 0 Å². The van der Waals surface area contributed by atoms with Crippen LogP contribution in [0.15, 0.2) is 51.9 Å². The van der Waals surface area contributed by atoms with E-state index in [0.717, 1.165) is 18.5 Å². The van der Waals surface area contributed by atoms with Crippen LogP contribution in [0.25, 0.3) is 11.0 Å². The lowest BCUT2D eigenvalue weighted by atomic mass is 10.1. The Kier molecular flexibility index (Phi) is 6.72. The van der Waals surface area contributed by atoms with E-state index in [9.17, 15) is 9.59 Å². The number of fused-ring (bicyclic) bond motifs is 3. The fourth-order valence-electron chi connectivity index (χ4n) is 3.58. The van der Waals surface area contributed by atoms with E-state index in [4.69, 9.17) is 23.4 Å². The minimum absolute atomic E-state index is 0.0648. The van der Waals surface area contributed by atoms with Gasteiger partial charge >= 0.3 is 5.97 Å². The molecule has 1 aliphatic heterocycles. The molecule has 3 aromatic rings. The molecule has 0 N–H and O–H groups in total. The van der Waals surface area contributed by atoms with Crippen LogP contribution in [0, 0.1) is 0 Å². The summed E-state index contributed by atoms with van der Waals surface area (Å²) >= 11 is 0. The number of carbonyl (C=O) groups excluding carboxylic acids is 1. The van der Waals surface area contributed by atoms with Gasteiger partial charge in [0, 0.05) is 26.8 Å². The topological polar surface area (TPSA) is 87.4 Å². The maximum absolute atomic E-state index is 13.0. The molecule has 1 aromatic heterocycles. The van der Waals surface area contributed by atoms with Crippen molar-refractivity contribution in [3.63, 3.8) is 0 Å². The van der Waals surface area contributed by atoms with E-state index >= 15 is 0 Å². The molecule has 1 aliphatic rings. The number of hydrogen-bond acceptors (Lipinski definition) is 8. The third-order valence-electron chi connectivity index (χ3n) is 5.17. The number of rotatable bonds is 8. The van der Waals surface area contributed by atoms with Gasteiger partial charge in [0.25, 0.3) is 0 Å². The summed E-state index contributed by atoms with van der Waals surface area (Å²) in [7, 11) is 1.68. The van der Waals surface area contributed by atoms with Crippen molar-refractivity contribution in [2.24, 2.45) is 0 Å². The second-order valence-electron chi connectivity index (χ2n) is 7.37. The lowest BCUT2D eigenvalue weighted by molar-refractivity contribution is 0.0526. The van der Waals surface area contributed by atoms with E-state index in [0.29, 0.717) is 54.5 Å². The maximum atomic E-state index is 13.0. The van der Waals surface area contributed by atoms with Gasteiger partial charge in [-0.3, -0.25) is 9.69 Å². The summed E-state index contributed by atoms with van der Waals surface area (Å²) in [5.74, 6) is 0.782. The first-order valence-corrected chi connectivity index (χ1v) is 10.5. The lowest BCUT2D eigenvalue weighted by Gasteiger charge is -2.29. The number of ether oxygens (including phenoxy) is 4. The van der Waals surface area contributed by atoms with E-state index in [2.05, 4.69) is 4.90 Å². The van der Waals surface area contributed by atoms with Crippen LogP contribution in [0.3, 0.4) is 0 Å². The largest absolute Gasteiger partial charge is 0.478 e. The normalized spacial score (nSPS) is 13.4. The molecule has 0 amide bonds. The van der Waals surface area contributed by atoms with Crippen molar-refractivity contribution in [3.05, 3.63) is 64.0 Å². The Morgan fingerprint density at radius 1 is 1.16 bits per heavy atom. The quantitative estimate of drug-likeness (QED) is 0.385. The second-order valence-corrected chi connectivity index (χ2v) is 7.37. The van der Waals surface area contributed by atoms with Gasteiger partial charge in [0.05, 0.1) is 23.1 Å². The zero-order chi connectivity index (χ0) is 22.5. The molecule has 0 spiro atoms. The number of hydrogen-bond donors (Lipinski definition) is 0. The minimum atomic E-state index is -0.410. The minimum Gasteiger partial charge on any atom is -0.478 e. The standard InChI is InChI=1S/C24H25NO7/c1-3-29-24(27)16-5-7-17(8-6-16)32-21-14-30-23-18(22(21)26)9-10-20-19(23)13-25(15-31-20)11-4-12-28-2/h5-10,14H,3-4,11-13,15H2,1-2H3. The molecule has 8 heteroatoms. The fraction of sp³-hybridized carbons (Fsp3) is 0.333. The van der Waals surface area contributed by atoms with Crippen LogP contribution in [0.5, 0.6) is 17.2 Å². The highest BCUT2D eigenvalue weighted by Crippen LogP contribution is 2.32. The van der Waals surface area contributed by atoms with Crippen molar-refractivity contribution < 1.29 is 28.2 Å². The maximum Gasteiger partial charge on any atom is 0.338 e. The van der Waals surface area contributed by atoms with Gasteiger partial charge in [-0.05, 0) is 49.7 Å². The molecular weight excluding hydrogens is 414 g/mol. The van der Waals surface area contributed by atoms with E-state index < -0.39 is 5.97 Å². The van der Waals surface area contributed by atoms with Gasteiger partial charge in [0.15, 0.2) is 0 Å². The molecule has 0 saturated heterocycles. The molecule has 0 radical (unpaired) electrons. The first-order valence-electron chi connectivity index (χ1n) is 10.5. The van der Waals surface area contributed by atoms with Crippen molar-refractivity contribution in [2.75, 3.05) is 33.6 Å². The van der Waals surface area contributed by atoms with E-state index in [-0.39, 0.29) is 11.2 Å². The average molecular weight is 439 g/mol. The number of esters is 1. The SMILES string of the molecule is CCOC(=O)c1ccc(Oc2coc3c4c(ccc3c2=O)OCN(CCCOC)C4)cc1. The highest BCUT2D eigenvalue weighted by Gasteiger charge is 2.22. The Bertz CT molecular complexity index is 1150. The van der Waals surface area contributed by atoms with E-state index in [1.54, 1.807) is 50.4 Å². The second kappa shape index (κ2) is 9.84. The zero-order valence-electron chi connectivity index (χ0n) is 18.1. The van der Waals surface area contributed by atoms with Gasteiger partial charge < -0.3 is 23.4 Å². The summed E-state index contributed by atoms with van der Waals surface area (Å²) in [5, 5.41) is 0.423. The van der Waals surface area contributed by atoms with Crippen LogP contribution < -0.4 is 14.9 Å². The Morgan fingerprint density at radius 2 is 1.97 bits per heavy atom. The smallest absolute Gasteiger partial charge is 0.338 e. The Morgan fingerprint density at radius 3 is 2.72 bits per heavy atom. The van der Waals surface area contributed by atoms with Crippen LogP contribution in [-0.4, -0.2) is 44.5 Å². The van der Waals surface area contributed by atoms with Crippen molar-refractivity contribution >= 4 is 16.9 Å². The van der Waals surface area contributed by atoms with Crippen molar-refractivity contribution in [3.8, 4) is 17.2 Å². The molecule has 2 heterocycles. The number of carbonyl (C=O) groups is 1. The predicted molar refractivity (Wildman–Crippen MR) is 117 cm³/mol. The van der Waals surface area contributed by atoms with Crippen molar-refractivity contribution in [2.45, 2.75) is 19.9 Å². The third-order valence-corrected chi connectivity index (χ3v) is 5.17. The first kappa shape index (κ1) is 21.9. The number of methoxy groups -OCH3 is 1. The Hall–Kier alpha value is -3.36. The van der Waals surface area contributed by atoms with Crippen LogP contribution in [0.2, 0.25) is 0 Å². The van der Waals surface area contributed by atoms with Crippen LogP contribution in [-0.2, 0) is 16.0 Å². The molecule has 0 bridgehead atoms.